The lowest BCUT2D eigenvalue weighted by molar-refractivity contribution is 0.0931. The maximum Gasteiger partial charge on any atom is 0.272 e. The quantitative estimate of drug-likeness (QED) is 0.452. The van der Waals surface area contributed by atoms with Crippen molar-refractivity contribution in [3.63, 3.8) is 0 Å². The standard InChI is InChI=1S/C23H26N6O2S/c1-16(17-5-3-2-4-6-17)25-23(31)22-18-14-27(8-7-19(18)29(26-22)9-11-30)15-20-24-13-21-28(20)10-12-32-21/h2-6,10,12-13,16,30H,7-9,11,14-15H2,1H3,(H,25,31). The number of carbonyl (C=O) groups is 1. The Balaban J connectivity index is 1.38. The van der Waals surface area contributed by atoms with E-state index in [1.165, 1.54) is 0 Å². The van der Waals surface area contributed by atoms with Crippen molar-refractivity contribution in [3.05, 3.63) is 76.4 Å². The van der Waals surface area contributed by atoms with Crippen molar-refractivity contribution in [3.8, 4) is 0 Å². The second-order valence-electron chi connectivity index (χ2n) is 8.07. The molecule has 1 aromatic carbocycles. The SMILES string of the molecule is CC(NC(=O)c1nn(CCO)c2c1CN(Cc1ncc3sccn13)CC2)c1ccccc1. The average Bonchev–Trinajstić information content (AvgIpc) is 3.51. The maximum atomic E-state index is 13.2. The van der Waals surface area contributed by atoms with E-state index in [1.807, 2.05) is 49.6 Å². The molecule has 2 N–H and O–H groups in total. The summed E-state index contributed by atoms with van der Waals surface area (Å²) in [6, 6.07) is 9.77. The second kappa shape index (κ2) is 8.85. The first-order valence-electron chi connectivity index (χ1n) is 10.8. The van der Waals surface area contributed by atoms with Gasteiger partial charge in [0.2, 0.25) is 0 Å². The Morgan fingerprint density at radius 1 is 1.31 bits per heavy atom. The topological polar surface area (TPSA) is 87.7 Å². The van der Waals surface area contributed by atoms with Gasteiger partial charge in [-0.2, -0.15) is 5.10 Å². The summed E-state index contributed by atoms with van der Waals surface area (Å²) in [4.78, 5) is 21.2. The summed E-state index contributed by atoms with van der Waals surface area (Å²) in [5, 5.41) is 19.2. The Hall–Kier alpha value is -3.01. The van der Waals surface area contributed by atoms with E-state index < -0.39 is 0 Å². The second-order valence-corrected chi connectivity index (χ2v) is 9.00. The number of thiazole rings is 1. The molecule has 0 saturated carbocycles. The molecule has 0 spiro atoms. The molecule has 1 unspecified atom stereocenters. The van der Waals surface area contributed by atoms with Crippen LogP contribution in [0.2, 0.25) is 0 Å². The van der Waals surface area contributed by atoms with Gasteiger partial charge in [0.1, 0.15) is 10.7 Å². The Morgan fingerprint density at radius 2 is 2.16 bits per heavy atom. The first-order chi connectivity index (χ1) is 15.6. The number of hydrogen-bond acceptors (Lipinski definition) is 6. The van der Waals surface area contributed by atoms with E-state index in [4.69, 9.17) is 0 Å². The zero-order valence-corrected chi connectivity index (χ0v) is 18.8. The fraction of sp³-hybridized carbons (Fsp3) is 0.348. The molecule has 1 atom stereocenters. The van der Waals surface area contributed by atoms with Crippen LogP contribution in [0.25, 0.3) is 4.83 Å². The Morgan fingerprint density at radius 3 is 2.97 bits per heavy atom. The number of hydrogen-bond donors (Lipinski definition) is 2. The molecule has 0 aliphatic carbocycles. The number of amides is 1. The number of carbonyl (C=O) groups excluding carboxylic acids is 1. The van der Waals surface area contributed by atoms with Crippen LogP contribution in [-0.4, -0.2) is 48.2 Å². The minimum absolute atomic E-state index is 0.0104. The van der Waals surface area contributed by atoms with Crippen molar-refractivity contribution in [1.82, 2.24) is 29.4 Å². The molecule has 5 rings (SSSR count). The van der Waals surface area contributed by atoms with E-state index in [-0.39, 0.29) is 18.6 Å². The summed E-state index contributed by atoms with van der Waals surface area (Å²) in [6.45, 7) is 4.54. The summed E-state index contributed by atoms with van der Waals surface area (Å²) in [5.74, 6) is 0.813. The first-order valence-corrected chi connectivity index (χ1v) is 11.7. The minimum atomic E-state index is -0.183. The molecule has 4 aromatic rings. The van der Waals surface area contributed by atoms with Crippen molar-refractivity contribution in [1.29, 1.82) is 0 Å². The van der Waals surface area contributed by atoms with Crippen molar-refractivity contribution < 1.29 is 9.90 Å². The summed E-state index contributed by atoms with van der Waals surface area (Å²) in [7, 11) is 0. The normalized spacial score (nSPS) is 15.1. The molecule has 0 fully saturated rings. The molecular formula is C23H26N6O2S. The molecular weight excluding hydrogens is 424 g/mol. The predicted octanol–water partition coefficient (Wildman–Crippen LogP) is 2.63. The van der Waals surface area contributed by atoms with Gasteiger partial charge in [-0.25, -0.2) is 4.98 Å². The van der Waals surface area contributed by atoms with Gasteiger partial charge in [-0.3, -0.25) is 18.8 Å². The molecule has 0 bridgehead atoms. The molecule has 3 aromatic heterocycles. The first kappa shape index (κ1) is 20.9. The van der Waals surface area contributed by atoms with E-state index in [1.54, 1.807) is 16.0 Å². The lowest BCUT2D eigenvalue weighted by atomic mass is 10.0. The van der Waals surface area contributed by atoms with Crippen molar-refractivity contribution in [2.75, 3.05) is 13.2 Å². The third-order valence-corrected chi connectivity index (χ3v) is 6.79. The van der Waals surface area contributed by atoms with Gasteiger partial charge < -0.3 is 10.4 Å². The van der Waals surface area contributed by atoms with Crippen molar-refractivity contribution >= 4 is 22.1 Å². The number of imidazole rings is 1. The highest BCUT2D eigenvalue weighted by atomic mass is 32.1. The van der Waals surface area contributed by atoms with Gasteiger partial charge in [0.25, 0.3) is 5.91 Å². The lowest BCUT2D eigenvalue weighted by Gasteiger charge is -2.27. The van der Waals surface area contributed by atoms with Crippen LogP contribution in [0, 0.1) is 0 Å². The fourth-order valence-corrected chi connectivity index (χ4v) is 5.06. The maximum absolute atomic E-state index is 13.2. The van der Waals surface area contributed by atoms with Crippen LogP contribution in [0.15, 0.2) is 48.1 Å². The largest absolute Gasteiger partial charge is 0.394 e. The van der Waals surface area contributed by atoms with Gasteiger partial charge in [0, 0.05) is 42.3 Å². The van der Waals surface area contributed by atoms with Gasteiger partial charge in [-0.1, -0.05) is 30.3 Å². The zero-order chi connectivity index (χ0) is 22.1. The molecule has 0 saturated heterocycles. The molecule has 8 nitrogen and oxygen atoms in total. The number of rotatable bonds is 7. The van der Waals surface area contributed by atoms with Crippen LogP contribution in [0.3, 0.4) is 0 Å². The Bertz CT molecular complexity index is 1230. The predicted molar refractivity (Wildman–Crippen MR) is 123 cm³/mol. The van der Waals surface area contributed by atoms with Gasteiger partial charge in [-0.15, -0.1) is 11.3 Å². The molecule has 1 aliphatic heterocycles. The van der Waals surface area contributed by atoms with E-state index in [0.717, 1.165) is 40.4 Å². The highest BCUT2D eigenvalue weighted by Gasteiger charge is 2.29. The number of aliphatic hydroxyl groups excluding tert-OH is 1. The molecule has 0 radical (unpaired) electrons. The van der Waals surface area contributed by atoms with E-state index in [2.05, 4.69) is 30.1 Å². The minimum Gasteiger partial charge on any atom is -0.394 e. The van der Waals surface area contributed by atoms with Crippen LogP contribution >= 0.6 is 11.3 Å². The monoisotopic (exact) mass is 450 g/mol. The van der Waals surface area contributed by atoms with Crippen LogP contribution < -0.4 is 5.32 Å². The molecule has 9 heteroatoms. The van der Waals surface area contributed by atoms with Gasteiger partial charge >= 0.3 is 0 Å². The summed E-state index contributed by atoms with van der Waals surface area (Å²) in [5.41, 5.74) is 3.48. The molecule has 166 valence electrons. The highest BCUT2D eigenvalue weighted by Crippen LogP contribution is 2.25. The van der Waals surface area contributed by atoms with E-state index in [0.29, 0.717) is 25.3 Å². The number of fused-ring (bicyclic) bond motifs is 2. The number of benzene rings is 1. The number of aliphatic hydroxyl groups is 1. The smallest absolute Gasteiger partial charge is 0.272 e. The van der Waals surface area contributed by atoms with E-state index >= 15 is 0 Å². The molecule has 4 heterocycles. The molecule has 32 heavy (non-hydrogen) atoms. The fourth-order valence-electron chi connectivity index (χ4n) is 4.34. The van der Waals surface area contributed by atoms with Crippen molar-refractivity contribution in [2.24, 2.45) is 0 Å². The number of nitrogens with one attached hydrogen (secondary N) is 1. The molecule has 1 amide bonds. The van der Waals surface area contributed by atoms with Crippen LogP contribution in [-0.2, 0) is 26.1 Å². The van der Waals surface area contributed by atoms with Gasteiger partial charge in [0.15, 0.2) is 5.69 Å². The Labute approximate surface area is 190 Å². The summed E-state index contributed by atoms with van der Waals surface area (Å²) >= 11 is 1.67. The number of nitrogens with zero attached hydrogens (tertiary/aromatic N) is 5. The highest BCUT2D eigenvalue weighted by molar-refractivity contribution is 7.15. The van der Waals surface area contributed by atoms with Gasteiger partial charge in [-0.05, 0) is 12.5 Å². The van der Waals surface area contributed by atoms with Crippen LogP contribution in [0.1, 0.15) is 46.1 Å². The van der Waals surface area contributed by atoms with E-state index in [9.17, 15) is 9.90 Å². The summed E-state index contributed by atoms with van der Waals surface area (Å²) < 4.78 is 3.91. The lowest BCUT2D eigenvalue weighted by Crippen LogP contribution is -2.33. The Kier molecular flexibility index (Phi) is 5.77. The van der Waals surface area contributed by atoms with Crippen molar-refractivity contribution in [2.45, 2.75) is 39.0 Å². The van der Waals surface area contributed by atoms with Crippen LogP contribution in [0.5, 0.6) is 0 Å². The van der Waals surface area contributed by atoms with Crippen LogP contribution in [0.4, 0.5) is 0 Å². The van der Waals surface area contributed by atoms with Gasteiger partial charge in [0.05, 0.1) is 31.9 Å². The third-order valence-electron chi connectivity index (χ3n) is 5.99. The number of aromatic nitrogens is 4. The summed E-state index contributed by atoms with van der Waals surface area (Å²) in [6.07, 6.45) is 4.72. The third kappa shape index (κ3) is 3.94. The average molecular weight is 451 g/mol. The molecule has 1 aliphatic rings. The zero-order valence-electron chi connectivity index (χ0n) is 17.9.